The summed E-state index contributed by atoms with van der Waals surface area (Å²) in [6, 6.07) is 0. The van der Waals surface area contributed by atoms with Crippen LogP contribution in [0.25, 0.3) is 0 Å². The summed E-state index contributed by atoms with van der Waals surface area (Å²) in [5, 5.41) is 23.0. The molecule has 5 aliphatic carbocycles. The van der Waals surface area contributed by atoms with Gasteiger partial charge < -0.3 is 10.4 Å². The van der Waals surface area contributed by atoms with E-state index in [0.29, 0.717) is 42.6 Å². The van der Waals surface area contributed by atoms with Crippen LogP contribution >= 0.6 is 0 Å². The van der Waals surface area contributed by atoms with E-state index in [1.165, 1.54) is 31.3 Å². The van der Waals surface area contributed by atoms with Gasteiger partial charge in [0.2, 0.25) is 5.91 Å². The molecule has 6 aliphatic rings. The molecule has 10 atom stereocenters. The highest BCUT2D eigenvalue weighted by molar-refractivity contribution is 5.84. The fraction of sp³-hybridized carbons (Fsp3) is 0.865. The van der Waals surface area contributed by atoms with E-state index in [4.69, 9.17) is 6.42 Å². The number of rotatable bonds is 7. The van der Waals surface area contributed by atoms with E-state index in [2.05, 4.69) is 69.6 Å². The Bertz CT molecular complexity index is 1190. The molecule has 0 aromatic carbocycles. The van der Waals surface area contributed by atoms with E-state index in [1.807, 2.05) is 0 Å². The van der Waals surface area contributed by atoms with Gasteiger partial charge in [-0.25, -0.2) is 0 Å². The SMILES string of the molecule is C#CCCC1(CCNC(=O)[C@]23CC[C@@H](C(=C)C)[C@@H]2[C@H]2CC[C@@H]4[C@@]5(C)CC[C@H](O)C(C)(C)[C@@H]5CC[C@@]4(C)[C@]2(C)CC3)N=N1. The Labute approximate surface area is 255 Å². The third-order valence-electron chi connectivity index (χ3n) is 15.4. The zero-order chi connectivity index (χ0) is 30.3. The lowest BCUT2D eigenvalue weighted by molar-refractivity contribution is -0.246. The lowest BCUT2D eigenvalue weighted by Gasteiger charge is -2.72. The van der Waals surface area contributed by atoms with Crippen molar-refractivity contribution in [3.63, 3.8) is 0 Å². The van der Waals surface area contributed by atoms with E-state index in [9.17, 15) is 9.90 Å². The molecule has 0 saturated heterocycles. The van der Waals surface area contributed by atoms with Crippen molar-refractivity contribution in [3.05, 3.63) is 12.2 Å². The van der Waals surface area contributed by atoms with Gasteiger partial charge in [-0.2, -0.15) is 10.2 Å². The van der Waals surface area contributed by atoms with Crippen LogP contribution < -0.4 is 5.32 Å². The van der Waals surface area contributed by atoms with Crippen LogP contribution in [0.3, 0.4) is 0 Å². The van der Waals surface area contributed by atoms with E-state index >= 15 is 0 Å². The first-order valence-electron chi connectivity index (χ1n) is 17.2. The molecule has 0 aromatic rings. The summed E-state index contributed by atoms with van der Waals surface area (Å²) in [6.07, 6.45) is 18.7. The Morgan fingerprint density at radius 2 is 1.67 bits per heavy atom. The van der Waals surface area contributed by atoms with E-state index in [1.54, 1.807) is 0 Å². The second kappa shape index (κ2) is 9.92. The van der Waals surface area contributed by atoms with E-state index in [0.717, 1.165) is 51.4 Å². The standard InChI is InChI=1S/C37H57N3O2/c1-9-10-16-37(39-40-37)22-23-38-31(42)36-19-13-25(24(2)3)30(36)26-11-12-28-33(6)17-15-29(41)32(4,5)27(33)14-18-35(28,8)34(26,7)20-21-36/h1,25-30,41H,2,10-23H2,3-8H3,(H,38,42)/t25-,26+,27-,28+,29-,30+,33-,34+,35+,36-/m0/s1. The smallest absolute Gasteiger partial charge is 0.226 e. The topological polar surface area (TPSA) is 74.0 Å². The number of nitrogens with zero attached hydrogens (tertiary/aromatic N) is 2. The van der Waals surface area contributed by atoms with Crippen molar-refractivity contribution in [2.75, 3.05) is 6.54 Å². The lowest BCUT2D eigenvalue weighted by atomic mass is 9.32. The fourth-order valence-corrected chi connectivity index (χ4v) is 12.7. The van der Waals surface area contributed by atoms with E-state index in [-0.39, 0.29) is 44.7 Å². The fourth-order valence-electron chi connectivity index (χ4n) is 12.7. The van der Waals surface area contributed by atoms with Gasteiger partial charge in [-0.3, -0.25) is 4.79 Å². The van der Waals surface area contributed by atoms with Crippen molar-refractivity contribution in [3.8, 4) is 12.3 Å². The van der Waals surface area contributed by atoms with Crippen LogP contribution in [0.2, 0.25) is 0 Å². The van der Waals surface area contributed by atoms with Crippen LogP contribution in [-0.2, 0) is 4.79 Å². The largest absolute Gasteiger partial charge is 0.393 e. The normalized spacial score (nSPS) is 47.7. The van der Waals surface area contributed by atoms with Crippen molar-refractivity contribution < 1.29 is 9.90 Å². The number of amides is 1. The summed E-state index contributed by atoms with van der Waals surface area (Å²) in [4.78, 5) is 14.3. The van der Waals surface area contributed by atoms with Crippen molar-refractivity contribution >= 4 is 5.91 Å². The highest BCUT2D eigenvalue weighted by atomic mass is 16.3. The number of aliphatic hydroxyl groups is 1. The summed E-state index contributed by atoms with van der Waals surface area (Å²) < 4.78 is 0. The molecular weight excluding hydrogens is 518 g/mol. The first kappa shape index (κ1) is 30.4. The molecule has 1 amide bonds. The molecule has 0 aromatic heterocycles. The molecule has 1 heterocycles. The molecule has 0 unspecified atom stereocenters. The molecule has 2 N–H and O–H groups in total. The van der Waals surface area contributed by atoms with Gasteiger partial charge in [0.05, 0.1) is 11.5 Å². The Morgan fingerprint density at radius 1 is 0.929 bits per heavy atom. The lowest BCUT2D eigenvalue weighted by Crippen LogP contribution is -2.67. The number of aliphatic hydroxyl groups excluding tert-OH is 1. The van der Waals surface area contributed by atoms with Crippen LogP contribution in [-0.4, -0.2) is 29.3 Å². The van der Waals surface area contributed by atoms with E-state index < -0.39 is 0 Å². The average Bonchev–Trinajstić information content (AvgIpc) is 3.58. The van der Waals surface area contributed by atoms with Crippen molar-refractivity contribution in [2.24, 2.45) is 66.9 Å². The molecule has 42 heavy (non-hydrogen) atoms. The number of nitrogens with one attached hydrogen (secondary N) is 1. The second-order valence-corrected chi connectivity index (χ2v) is 17.1. The maximum absolute atomic E-state index is 14.3. The third-order valence-corrected chi connectivity index (χ3v) is 15.4. The summed E-state index contributed by atoms with van der Waals surface area (Å²) in [5.41, 5.74) is 1.33. The maximum Gasteiger partial charge on any atom is 0.226 e. The number of carbonyl (C=O) groups excluding carboxylic acids is 1. The molecule has 5 saturated carbocycles. The molecule has 232 valence electrons. The summed E-state index contributed by atoms with van der Waals surface area (Å²) in [5.74, 6) is 5.56. The number of hydrogen-bond donors (Lipinski definition) is 2. The van der Waals surface area contributed by atoms with Crippen LogP contribution in [0, 0.1) is 69.0 Å². The van der Waals surface area contributed by atoms with Gasteiger partial charge in [0.15, 0.2) is 5.66 Å². The maximum atomic E-state index is 14.3. The third kappa shape index (κ3) is 4.09. The first-order valence-corrected chi connectivity index (χ1v) is 17.2. The van der Waals surface area contributed by atoms with Gasteiger partial charge >= 0.3 is 0 Å². The number of hydrogen-bond acceptors (Lipinski definition) is 4. The van der Waals surface area contributed by atoms with Crippen LogP contribution in [0.5, 0.6) is 0 Å². The number of terminal acetylenes is 1. The minimum Gasteiger partial charge on any atom is -0.393 e. The predicted molar refractivity (Wildman–Crippen MR) is 168 cm³/mol. The Kier molecular flexibility index (Phi) is 7.17. The monoisotopic (exact) mass is 575 g/mol. The molecule has 0 radical (unpaired) electrons. The molecule has 0 bridgehead atoms. The highest BCUT2D eigenvalue weighted by Gasteiger charge is 2.71. The summed E-state index contributed by atoms with van der Waals surface area (Å²) in [6.45, 7) is 19.9. The first-order chi connectivity index (χ1) is 19.7. The number of allylic oxidation sites excluding steroid dienone is 1. The summed E-state index contributed by atoms with van der Waals surface area (Å²) >= 11 is 0. The molecule has 5 nitrogen and oxygen atoms in total. The Morgan fingerprint density at radius 3 is 2.33 bits per heavy atom. The Balaban J connectivity index is 1.27. The average molecular weight is 576 g/mol. The van der Waals surface area contributed by atoms with Gasteiger partial charge in [-0.1, -0.05) is 46.8 Å². The molecule has 0 spiro atoms. The minimum atomic E-state index is -0.358. The van der Waals surface area contributed by atoms with Crippen molar-refractivity contribution in [1.29, 1.82) is 0 Å². The van der Waals surface area contributed by atoms with Gasteiger partial charge in [0.25, 0.3) is 0 Å². The zero-order valence-electron chi connectivity index (χ0n) is 27.4. The van der Waals surface area contributed by atoms with Gasteiger partial charge in [0.1, 0.15) is 0 Å². The predicted octanol–water partition coefficient (Wildman–Crippen LogP) is 8.09. The molecular formula is C37H57N3O2. The minimum absolute atomic E-state index is 0.0250. The van der Waals surface area contributed by atoms with Crippen molar-refractivity contribution in [1.82, 2.24) is 5.32 Å². The van der Waals surface area contributed by atoms with Crippen molar-refractivity contribution in [2.45, 2.75) is 137 Å². The second-order valence-electron chi connectivity index (χ2n) is 17.1. The number of fused-ring (bicyclic) bond motifs is 7. The molecule has 5 fully saturated rings. The van der Waals surface area contributed by atoms with Crippen LogP contribution in [0.1, 0.15) is 125 Å². The summed E-state index contributed by atoms with van der Waals surface area (Å²) in [7, 11) is 0. The zero-order valence-corrected chi connectivity index (χ0v) is 27.4. The Hall–Kier alpha value is -1.67. The molecule has 6 rings (SSSR count). The van der Waals surface area contributed by atoms with Gasteiger partial charge in [-0.05, 0) is 122 Å². The van der Waals surface area contributed by atoms with Crippen LogP contribution in [0.4, 0.5) is 0 Å². The number of carbonyl (C=O) groups is 1. The van der Waals surface area contributed by atoms with Crippen LogP contribution in [0.15, 0.2) is 22.4 Å². The molecule has 1 aliphatic heterocycles. The highest BCUT2D eigenvalue weighted by Crippen LogP contribution is 2.77. The molecule has 5 heteroatoms. The quantitative estimate of drug-likeness (QED) is 0.238. The van der Waals surface area contributed by atoms with Gasteiger partial charge in [-0.15, -0.1) is 12.3 Å². The van der Waals surface area contributed by atoms with Gasteiger partial charge in [0, 0.05) is 25.8 Å².